The van der Waals surface area contributed by atoms with Crippen molar-refractivity contribution in [2.45, 2.75) is 25.3 Å². The summed E-state index contributed by atoms with van der Waals surface area (Å²) in [5, 5.41) is 3.26. The van der Waals surface area contributed by atoms with Gasteiger partial charge in [-0.1, -0.05) is 19.1 Å². The Morgan fingerprint density at radius 3 is 2.41 bits per heavy atom. The fourth-order valence-corrected chi connectivity index (χ4v) is 4.07. The van der Waals surface area contributed by atoms with Gasteiger partial charge in [0, 0.05) is 33.7 Å². The van der Waals surface area contributed by atoms with Crippen molar-refractivity contribution < 1.29 is 17.9 Å². The summed E-state index contributed by atoms with van der Waals surface area (Å²) in [7, 11) is 0.995. The highest BCUT2D eigenvalue weighted by Crippen LogP contribution is 2.24. The number of benzene rings is 1. The molecule has 1 fully saturated rings. The maximum Gasteiger partial charge on any atom is 0.310 e. The van der Waals surface area contributed by atoms with E-state index in [2.05, 4.69) is 15.2 Å². The third kappa shape index (κ3) is 6.29. The first kappa shape index (κ1) is 25.6. The predicted octanol–water partition coefficient (Wildman–Crippen LogP) is 1.76. The number of nitrogens with one attached hydrogen (secondary N) is 1. The first-order chi connectivity index (χ1) is 13.2. The standard InChI is InChI=1S/C19H30N4O4S.HI/c1-6-20-19(23-12-14(2)17(13-23)18(24)27-5)21-11-15-7-9-16(10-8-15)28(25,26)22(3)4;/h7-10,14,17H,6,11-13H2,1-5H3,(H,20,21);1H. The van der Waals surface area contributed by atoms with Gasteiger partial charge in [-0.2, -0.15) is 0 Å². The minimum absolute atomic E-state index is 0. The molecule has 1 aromatic rings. The van der Waals surface area contributed by atoms with Crippen molar-refractivity contribution in [2.24, 2.45) is 16.8 Å². The number of methoxy groups -OCH3 is 1. The number of sulfonamides is 1. The van der Waals surface area contributed by atoms with Gasteiger partial charge in [0.2, 0.25) is 10.0 Å². The van der Waals surface area contributed by atoms with Crippen molar-refractivity contribution in [1.29, 1.82) is 0 Å². The van der Waals surface area contributed by atoms with E-state index in [-0.39, 0.29) is 46.7 Å². The Kier molecular flexibility index (Phi) is 9.83. The van der Waals surface area contributed by atoms with Gasteiger partial charge in [-0.15, -0.1) is 24.0 Å². The largest absolute Gasteiger partial charge is 0.469 e. The molecule has 2 rings (SSSR count). The van der Waals surface area contributed by atoms with Crippen LogP contribution in [0.5, 0.6) is 0 Å². The Morgan fingerprint density at radius 1 is 1.28 bits per heavy atom. The van der Waals surface area contributed by atoms with Crippen LogP contribution in [0.3, 0.4) is 0 Å². The van der Waals surface area contributed by atoms with Crippen molar-refractivity contribution in [2.75, 3.05) is 40.8 Å². The number of carbonyl (C=O) groups excluding carboxylic acids is 1. The van der Waals surface area contributed by atoms with Crippen LogP contribution < -0.4 is 5.32 Å². The molecular formula is C19H31IN4O4S. The monoisotopic (exact) mass is 538 g/mol. The number of hydrogen-bond acceptors (Lipinski definition) is 5. The molecule has 10 heteroatoms. The average molecular weight is 538 g/mol. The average Bonchev–Trinajstić information content (AvgIpc) is 3.06. The first-order valence-corrected chi connectivity index (χ1v) is 10.8. The van der Waals surface area contributed by atoms with Crippen LogP contribution in [0, 0.1) is 11.8 Å². The van der Waals surface area contributed by atoms with E-state index in [0.29, 0.717) is 19.6 Å². The Bertz CT molecular complexity index is 812. The SMILES string of the molecule is CCNC(=NCc1ccc(S(=O)(=O)N(C)C)cc1)N1CC(C)C(C(=O)OC)C1.I. The Labute approximate surface area is 190 Å². The first-order valence-electron chi connectivity index (χ1n) is 9.33. The van der Waals surface area contributed by atoms with Crippen LogP contribution in [0.15, 0.2) is 34.2 Å². The van der Waals surface area contributed by atoms with Crippen LogP contribution in [-0.4, -0.2) is 70.4 Å². The van der Waals surface area contributed by atoms with E-state index in [1.807, 2.05) is 13.8 Å². The number of carbonyl (C=O) groups is 1. The van der Waals surface area contributed by atoms with E-state index >= 15 is 0 Å². The summed E-state index contributed by atoms with van der Waals surface area (Å²) in [5.41, 5.74) is 0.907. The number of guanidine groups is 1. The van der Waals surface area contributed by atoms with E-state index < -0.39 is 10.0 Å². The van der Waals surface area contributed by atoms with E-state index in [1.54, 1.807) is 24.3 Å². The lowest BCUT2D eigenvalue weighted by Crippen LogP contribution is -2.40. The third-order valence-electron chi connectivity index (χ3n) is 4.86. The van der Waals surface area contributed by atoms with Crippen molar-refractivity contribution in [3.63, 3.8) is 0 Å². The smallest absolute Gasteiger partial charge is 0.310 e. The second-order valence-corrected chi connectivity index (χ2v) is 9.27. The molecule has 0 aliphatic carbocycles. The highest BCUT2D eigenvalue weighted by Gasteiger charge is 2.36. The molecule has 1 N–H and O–H groups in total. The molecule has 8 nitrogen and oxygen atoms in total. The van der Waals surface area contributed by atoms with Crippen molar-refractivity contribution in [3.05, 3.63) is 29.8 Å². The fraction of sp³-hybridized carbons (Fsp3) is 0.579. The van der Waals surface area contributed by atoms with Crippen molar-refractivity contribution >= 4 is 45.9 Å². The molecular weight excluding hydrogens is 507 g/mol. The Balaban J connectivity index is 0.00000420. The van der Waals surface area contributed by atoms with Gasteiger partial charge in [-0.05, 0) is 30.5 Å². The van der Waals surface area contributed by atoms with E-state index in [0.717, 1.165) is 18.1 Å². The van der Waals surface area contributed by atoms with Gasteiger partial charge in [-0.25, -0.2) is 17.7 Å². The number of hydrogen-bond donors (Lipinski definition) is 1. The van der Waals surface area contributed by atoms with Gasteiger partial charge in [0.05, 0.1) is 24.5 Å². The van der Waals surface area contributed by atoms with Crippen LogP contribution in [0.25, 0.3) is 0 Å². The molecule has 2 atom stereocenters. The fourth-order valence-electron chi connectivity index (χ4n) is 3.17. The number of ether oxygens (including phenoxy) is 1. The topological polar surface area (TPSA) is 91.3 Å². The zero-order chi connectivity index (χ0) is 20.9. The lowest BCUT2D eigenvalue weighted by Gasteiger charge is -2.21. The molecule has 1 aromatic carbocycles. The molecule has 0 saturated carbocycles. The molecule has 29 heavy (non-hydrogen) atoms. The zero-order valence-corrected chi connectivity index (χ0v) is 20.7. The minimum atomic E-state index is -3.44. The van der Waals surface area contributed by atoms with Crippen LogP contribution in [0.1, 0.15) is 19.4 Å². The highest BCUT2D eigenvalue weighted by atomic mass is 127. The van der Waals surface area contributed by atoms with Crippen LogP contribution in [0.4, 0.5) is 0 Å². The lowest BCUT2D eigenvalue weighted by molar-refractivity contribution is -0.145. The molecule has 164 valence electrons. The second kappa shape index (κ2) is 11.1. The van der Waals surface area contributed by atoms with Crippen LogP contribution in [-0.2, 0) is 26.1 Å². The number of aliphatic imine (C=N–C) groups is 1. The summed E-state index contributed by atoms with van der Waals surface area (Å²) in [4.78, 5) is 18.9. The van der Waals surface area contributed by atoms with Gasteiger partial charge in [0.15, 0.2) is 5.96 Å². The maximum atomic E-state index is 12.2. The summed E-state index contributed by atoms with van der Waals surface area (Å²) in [6.07, 6.45) is 0. The van der Waals surface area contributed by atoms with Crippen LogP contribution in [0.2, 0.25) is 0 Å². The van der Waals surface area contributed by atoms with Gasteiger partial charge in [0.25, 0.3) is 0 Å². The molecule has 1 aliphatic rings. The molecule has 1 aliphatic heterocycles. The molecule has 2 unspecified atom stereocenters. The molecule has 0 amide bonds. The lowest BCUT2D eigenvalue weighted by atomic mass is 9.99. The second-order valence-electron chi connectivity index (χ2n) is 7.11. The van der Waals surface area contributed by atoms with Crippen LogP contribution >= 0.6 is 24.0 Å². The molecule has 0 bridgehead atoms. The summed E-state index contributed by atoms with van der Waals surface area (Å²) >= 11 is 0. The maximum absolute atomic E-state index is 12.2. The normalized spacial score (nSPS) is 19.8. The molecule has 1 heterocycles. The summed E-state index contributed by atoms with van der Waals surface area (Å²) < 4.78 is 30.4. The molecule has 1 saturated heterocycles. The minimum Gasteiger partial charge on any atom is -0.469 e. The molecule has 0 radical (unpaired) electrons. The van der Waals surface area contributed by atoms with E-state index in [4.69, 9.17) is 4.74 Å². The summed E-state index contributed by atoms with van der Waals surface area (Å²) in [6.45, 7) is 6.46. The predicted molar refractivity (Wildman–Crippen MR) is 124 cm³/mol. The van der Waals surface area contributed by atoms with Crippen molar-refractivity contribution in [1.82, 2.24) is 14.5 Å². The number of halogens is 1. The number of rotatable bonds is 6. The highest BCUT2D eigenvalue weighted by molar-refractivity contribution is 14.0. The molecule has 0 spiro atoms. The van der Waals surface area contributed by atoms with Gasteiger partial charge in [-0.3, -0.25) is 4.79 Å². The van der Waals surface area contributed by atoms with Gasteiger partial charge >= 0.3 is 5.97 Å². The molecule has 0 aromatic heterocycles. The summed E-state index contributed by atoms with van der Waals surface area (Å²) in [5.74, 6) is 0.575. The third-order valence-corrected chi connectivity index (χ3v) is 6.69. The Hall–Kier alpha value is -1.40. The van der Waals surface area contributed by atoms with Gasteiger partial charge in [0.1, 0.15) is 0 Å². The number of likely N-dealkylation sites (tertiary alicyclic amines) is 1. The van der Waals surface area contributed by atoms with Crippen molar-refractivity contribution in [3.8, 4) is 0 Å². The quantitative estimate of drug-likeness (QED) is 0.257. The van der Waals surface area contributed by atoms with Gasteiger partial charge < -0.3 is 15.0 Å². The Morgan fingerprint density at radius 2 is 1.90 bits per heavy atom. The summed E-state index contributed by atoms with van der Waals surface area (Å²) in [6, 6.07) is 6.73. The van der Waals surface area contributed by atoms with E-state index in [1.165, 1.54) is 25.5 Å². The number of esters is 1. The number of nitrogens with zero attached hydrogens (tertiary/aromatic N) is 3. The zero-order valence-electron chi connectivity index (χ0n) is 17.6. The van der Waals surface area contributed by atoms with E-state index in [9.17, 15) is 13.2 Å².